The van der Waals surface area contributed by atoms with Crippen LogP contribution in [0, 0.1) is 0 Å². The summed E-state index contributed by atoms with van der Waals surface area (Å²) >= 11 is 0. The van der Waals surface area contributed by atoms with Crippen LogP contribution >= 0.6 is 0 Å². The quantitative estimate of drug-likeness (QED) is 0.828. The first-order valence-electron chi connectivity index (χ1n) is 6.20. The predicted octanol–water partition coefficient (Wildman–Crippen LogP) is 2.50. The molecule has 0 aliphatic rings. The lowest BCUT2D eigenvalue weighted by molar-refractivity contribution is 0.0786. The van der Waals surface area contributed by atoms with Crippen LogP contribution in [0.3, 0.4) is 0 Å². The number of amides is 1. The fourth-order valence-electron chi connectivity index (χ4n) is 1.78. The Morgan fingerprint density at radius 3 is 2.83 bits per heavy atom. The molecule has 1 heterocycles. The van der Waals surface area contributed by atoms with Crippen molar-refractivity contribution in [1.82, 2.24) is 15.1 Å². The smallest absolute Gasteiger partial charge is 0.274 e. The SMILES string of the molecule is CCCCN(C)C(=O)c1cc2ccccc2nn1. The summed E-state index contributed by atoms with van der Waals surface area (Å²) in [6.45, 7) is 2.86. The molecule has 94 valence electrons. The third kappa shape index (κ3) is 2.64. The number of fused-ring (bicyclic) bond motifs is 1. The first kappa shape index (κ1) is 12.5. The van der Waals surface area contributed by atoms with Gasteiger partial charge in [0, 0.05) is 19.0 Å². The summed E-state index contributed by atoms with van der Waals surface area (Å²) in [7, 11) is 1.80. The second-order valence-electron chi connectivity index (χ2n) is 4.37. The molecule has 0 saturated carbocycles. The molecule has 18 heavy (non-hydrogen) atoms. The van der Waals surface area contributed by atoms with E-state index >= 15 is 0 Å². The molecule has 0 spiro atoms. The molecule has 0 unspecified atom stereocenters. The van der Waals surface area contributed by atoms with Crippen LogP contribution in [0.4, 0.5) is 0 Å². The number of aromatic nitrogens is 2. The highest BCUT2D eigenvalue weighted by atomic mass is 16.2. The van der Waals surface area contributed by atoms with Crippen LogP contribution in [0.1, 0.15) is 30.3 Å². The number of hydrogen-bond donors (Lipinski definition) is 0. The summed E-state index contributed by atoms with van der Waals surface area (Å²) in [6, 6.07) is 9.46. The standard InChI is InChI=1S/C14H17N3O/c1-3-4-9-17(2)14(18)13-10-11-7-5-6-8-12(11)15-16-13/h5-8,10H,3-4,9H2,1-2H3. The van der Waals surface area contributed by atoms with Crippen LogP contribution in [0.2, 0.25) is 0 Å². The Bertz CT molecular complexity index is 553. The number of carbonyl (C=O) groups is 1. The Morgan fingerprint density at radius 2 is 2.06 bits per heavy atom. The van der Waals surface area contributed by atoms with E-state index in [0.717, 1.165) is 30.3 Å². The van der Waals surface area contributed by atoms with Crippen molar-refractivity contribution in [2.45, 2.75) is 19.8 Å². The summed E-state index contributed by atoms with van der Waals surface area (Å²) in [5.41, 5.74) is 1.22. The summed E-state index contributed by atoms with van der Waals surface area (Å²) in [6.07, 6.45) is 2.07. The molecular weight excluding hydrogens is 226 g/mol. The molecule has 1 amide bonds. The van der Waals surface area contributed by atoms with Crippen LogP contribution < -0.4 is 0 Å². The lowest BCUT2D eigenvalue weighted by Gasteiger charge is -2.15. The number of rotatable bonds is 4. The van der Waals surface area contributed by atoms with Crippen LogP contribution in [-0.4, -0.2) is 34.6 Å². The number of hydrogen-bond acceptors (Lipinski definition) is 3. The van der Waals surface area contributed by atoms with E-state index in [1.807, 2.05) is 24.3 Å². The van der Waals surface area contributed by atoms with Gasteiger partial charge in [0.25, 0.3) is 5.91 Å². The molecule has 0 aliphatic carbocycles. The molecule has 0 atom stereocenters. The number of carbonyl (C=O) groups excluding carboxylic acids is 1. The molecule has 0 radical (unpaired) electrons. The normalized spacial score (nSPS) is 10.6. The first-order chi connectivity index (χ1) is 8.72. The minimum Gasteiger partial charge on any atom is -0.340 e. The van der Waals surface area contributed by atoms with Crippen LogP contribution in [0.15, 0.2) is 30.3 Å². The molecule has 4 heteroatoms. The van der Waals surface area contributed by atoms with E-state index in [2.05, 4.69) is 17.1 Å². The molecule has 0 fully saturated rings. The number of unbranched alkanes of at least 4 members (excludes halogenated alkanes) is 1. The number of nitrogens with zero attached hydrogens (tertiary/aromatic N) is 3. The van der Waals surface area contributed by atoms with E-state index in [1.54, 1.807) is 18.0 Å². The predicted molar refractivity (Wildman–Crippen MR) is 71.4 cm³/mol. The third-order valence-electron chi connectivity index (χ3n) is 2.91. The van der Waals surface area contributed by atoms with Crippen molar-refractivity contribution in [1.29, 1.82) is 0 Å². The van der Waals surface area contributed by atoms with Gasteiger partial charge >= 0.3 is 0 Å². The van der Waals surface area contributed by atoms with Crippen molar-refractivity contribution in [3.05, 3.63) is 36.0 Å². The Hall–Kier alpha value is -1.97. The Morgan fingerprint density at radius 1 is 1.28 bits per heavy atom. The van der Waals surface area contributed by atoms with Gasteiger partial charge in [0.15, 0.2) is 5.69 Å². The average Bonchev–Trinajstić information content (AvgIpc) is 2.43. The van der Waals surface area contributed by atoms with Gasteiger partial charge in [0.1, 0.15) is 0 Å². The molecule has 0 saturated heterocycles. The second kappa shape index (κ2) is 5.58. The Kier molecular flexibility index (Phi) is 3.87. The van der Waals surface area contributed by atoms with Crippen LogP contribution in [0.5, 0.6) is 0 Å². The lowest BCUT2D eigenvalue weighted by atomic mass is 10.2. The van der Waals surface area contributed by atoms with E-state index in [9.17, 15) is 4.79 Å². The minimum absolute atomic E-state index is 0.0679. The lowest BCUT2D eigenvalue weighted by Crippen LogP contribution is -2.28. The van der Waals surface area contributed by atoms with E-state index < -0.39 is 0 Å². The molecule has 1 aromatic heterocycles. The van der Waals surface area contributed by atoms with Crippen LogP contribution in [-0.2, 0) is 0 Å². The van der Waals surface area contributed by atoms with Gasteiger partial charge in [-0.05, 0) is 18.6 Å². The zero-order valence-electron chi connectivity index (χ0n) is 10.8. The van der Waals surface area contributed by atoms with Crippen molar-refractivity contribution in [3.63, 3.8) is 0 Å². The van der Waals surface area contributed by atoms with E-state index in [-0.39, 0.29) is 5.91 Å². The molecule has 4 nitrogen and oxygen atoms in total. The van der Waals surface area contributed by atoms with Gasteiger partial charge in [0.05, 0.1) is 5.52 Å². The molecule has 0 N–H and O–H groups in total. The van der Waals surface area contributed by atoms with Gasteiger partial charge in [-0.2, -0.15) is 0 Å². The fraction of sp³-hybridized carbons (Fsp3) is 0.357. The number of benzene rings is 1. The highest BCUT2D eigenvalue weighted by Crippen LogP contribution is 2.11. The van der Waals surface area contributed by atoms with Gasteiger partial charge in [-0.25, -0.2) is 0 Å². The van der Waals surface area contributed by atoms with Gasteiger partial charge in [-0.1, -0.05) is 31.5 Å². The van der Waals surface area contributed by atoms with Crippen molar-refractivity contribution < 1.29 is 4.79 Å². The average molecular weight is 243 g/mol. The van der Waals surface area contributed by atoms with Crippen molar-refractivity contribution in [3.8, 4) is 0 Å². The van der Waals surface area contributed by atoms with Crippen molar-refractivity contribution in [2.75, 3.05) is 13.6 Å². The first-order valence-corrected chi connectivity index (χ1v) is 6.20. The zero-order valence-corrected chi connectivity index (χ0v) is 10.8. The van der Waals surface area contributed by atoms with Gasteiger partial charge in [0.2, 0.25) is 0 Å². The summed E-state index contributed by atoms with van der Waals surface area (Å²) in [4.78, 5) is 13.8. The Labute approximate surface area is 107 Å². The third-order valence-corrected chi connectivity index (χ3v) is 2.91. The van der Waals surface area contributed by atoms with Gasteiger partial charge in [-0.3, -0.25) is 4.79 Å². The highest BCUT2D eigenvalue weighted by molar-refractivity contribution is 5.95. The van der Waals surface area contributed by atoms with Crippen molar-refractivity contribution in [2.24, 2.45) is 0 Å². The maximum atomic E-state index is 12.1. The largest absolute Gasteiger partial charge is 0.340 e. The molecule has 1 aromatic carbocycles. The molecule has 0 aliphatic heterocycles. The molecule has 2 aromatic rings. The Balaban J connectivity index is 2.22. The molecular formula is C14H17N3O. The summed E-state index contributed by atoms with van der Waals surface area (Å²) in [5, 5.41) is 9.01. The molecule has 0 bridgehead atoms. The maximum Gasteiger partial charge on any atom is 0.274 e. The molecule has 2 rings (SSSR count). The van der Waals surface area contributed by atoms with E-state index in [1.165, 1.54) is 0 Å². The topological polar surface area (TPSA) is 46.1 Å². The van der Waals surface area contributed by atoms with E-state index in [4.69, 9.17) is 0 Å². The minimum atomic E-state index is -0.0679. The second-order valence-corrected chi connectivity index (χ2v) is 4.37. The highest BCUT2D eigenvalue weighted by Gasteiger charge is 2.13. The van der Waals surface area contributed by atoms with Crippen molar-refractivity contribution >= 4 is 16.8 Å². The van der Waals surface area contributed by atoms with Crippen LogP contribution in [0.25, 0.3) is 10.9 Å². The van der Waals surface area contributed by atoms with Gasteiger partial charge in [-0.15, -0.1) is 10.2 Å². The zero-order chi connectivity index (χ0) is 13.0. The monoisotopic (exact) mass is 243 g/mol. The fourth-order valence-corrected chi connectivity index (χ4v) is 1.78. The summed E-state index contributed by atoms with van der Waals surface area (Å²) in [5.74, 6) is -0.0679. The van der Waals surface area contributed by atoms with Gasteiger partial charge < -0.3 is 4.90 Å². The summed E-state index contributed by atoms with van der Waals surface area (Å²) < 4.78 is 0. The van der Waals surface area contributed by atoms with E-state index in [0.29, 0.717) is 5.69 Å². The maximum absolute atomic E-state index is 12.1.